The number of benzene rings is 3. The fourth-order valence-electron chi connectivity index (χ4n) is 5.93. The average Bonchev–Trinajstić information content (AvgIpc) is 3.83. The van der Waals surface area contributed by atoms with E-state index in [0.29, 0.717) is 11.6 Å². The van der Waals surface area contributed by atoms with E-state index < -0.39 is 0 Å². The van der Waals surface area contributed by atoms with Crippen molar-refractivity contribution in [2.75, 3.05) is 11.9 Å². The van der Waals surface area contributed by atoms with Crippen LogP contribution >= 0.6 is 0 Å². The molecule has 0 amide bonds. The van der Waals surface area contributed by atoms with Crippen molar-refractivity contribution in [3.05, 3.63) is 127 Å². The van der Waals surface area contributed by atoms with Gasteiger partial charge in [-0.25, -0.2) is 0 Å². The summed E-state index contributed by atoms with van der Waals surface area (Å²) < 4.78 is 0. The summed E-state index contributed by atoms with van der Waals surface area (Å²) in [6, 6.07) is 27.1. The first-order valence-electron chi connectivity index (χ1n) is 14.4. The second kappa shape index (κ2) is 12.9. The SMILES string of the molecule is CN1C=CN(c2[c-]ccc(-c3ccncc3)c2)[CH-]1.[Ir+3].[c-]1ccc2c(c1-c1nnc(-c3cccc4c3CCC4)nn1)CCC2. The van der Waals surface area contributed by atoms with E-state index in [1.807, 2.05) is 60.2 Å². The molecule has 1 aliphatic heterocycles. The first kappa shape index (κ1) is 28.8. The third-order valence-electron chi connectivity index (χ3n) is 8.01. The zero-order chi connectivity index (χ0) is 28.3. The molecule has 0 atom stereocenters. The van der Waals surface area contributed by atoms with Crippen molar-refractivity contribution < 1.29 is 20.1 Å². The number of anilines is 1. The third-order valence-corrected chi connectivity index (χ3v) is 8.01. The molecule has 0 radical (unpaired) electrons. The number of hydrogen-bond acceptors (Lipinski definition) is 7. The van der Waals surface area contributed by atoms with Crippen molar-refractivity contribution in [3.8, 4) is 33.9 Å². The van der Waals surface area contributed by atoms with Crippen LogP contribution in [0.2, 0.25) is 0 Å². The summed E-state index contributed by atoms with van der Waals surface area (Å²) in [5.41, 5.74) is 10.9. The maximum absolute atomic E-state index is 4.38. The Morgan fingerprint density at radius 2 is 1.44 bits per heavy atom. The first-order valence-corrected chi connectivity index (χ1v) is 14.4. The molecule has 43 heavy (non-hydrogen) atoms. The van der Waals surface area contributed by atoms with Gasteiger partial charge in [0.25, 0.3) is 0 Å². The molecule has 7 nitrogen and oxygen atoms in total. The van der Waals surface area contributed by atoms with Gasteiger partial charge in [0.05, 0.1) is 0 Å². The van der Waals surface area contributed by atoms with Crippen LogP contribution in [0.15, 0.2) is 85.5 Å². The Bertz CT molecular complexity index is 1660. The van der Waals surface area contributed by atoms with Gasteiger partial charge in [-0.05, 0) is 74.0 Å². The van der Waals surface area contributed by atoms with Crippen molar-refractivity contribution in [1.29, 1.82) is 0 Å². The smallest absolute Gasteiger partial charge is 0.510 e. The topological polar surface area (TPSA) is 70.9 Å². The van der Waals surface area contributed by atoms with Crippen LogP contribution in [-0.2, 0) is 45.8 Å². The van der Waals surface area contributed by atoms with Gasteiger partial charge in [-0.15, -0.1) is 56.8 Å². The second-order valence-corrected chi connectivity index (χ2v) is 10.7. The molecule has 0 fully saturated rings. The largest absolute Gasteiger partial charge is 3.00 e. The van der Waals surface area contributed by atoms with E-state index in [9.17, 15) is 0 Å². The van der Waals surface area contributed by atoms with Crippen molar-refractivity contribution in [2.45, 2.75) is 38.5 Å². The van der Waals surface area contributed by atoms with Crippen molar-refractivity contribution >= 4 is 5.69 Å². The summed E-state index contributed by atoms with van der Waals surface area (Å²) in [4.78, 5) is 8.09. The van der Waals surface area contributed by atoms with Gasteiger partial charge in [0.2, 0.25) is 5.82 Å². The van der Waals surface area contributed by atoms with Crippen LogP contribution in [0.4, 0.5) is 5.69 Å². The minimum absolute atomic E-state index is 0. The molecular formula is C35H30IrN7. The molecule has 0 spiro atoms. The van der Waals surface area contributed by atoms with Crippen LogP contribution in [0.3, 0.4) is 0 Å². The maximum Gasteiger partial charge on any atom is 3.00 e. The number of fused-ring (bicyclic) bond motifs is 2. The fourth-order valence-corrected chi connectivity index (χ4v) is 5.93. The molecule has 2 aromatic heterocycles. The second-order valence-electron chi connectivity index (χ2n) is 10.7. The molecule has 0 saturated carbocycles. The molecule has 5 aromatic rings. The van der Waals surface area contributed by atoms with Gasteiger partial charge in [0.1, 0.15) is 5.82 Å². The molecule has 0 bridgehead atoms. The van der Waals surface area contributed by atoms with Gasteiger partial charge >= 0.3 is 20.1 Å². The van der Waals surface area contributed by atoms with Crippen LogP contribution in [0.5, 0.6) is 0 Å². The predicted molar refractivity (Wildman–Crippen MR) is 164 cm³/mol. The van der Waals surface area contributed by atoms with Crippen molar-refractivity contribution in [2.24, 2.45) is 0 Å². The molecule has 8 rings (SSSR count). The summed E-state index contributed by atoms with van der Waals surface area (Å²) in [5.74, 6) is 1.22. The van der Waals surface area contributed by atoms with Crippen LogP contribution in [0.1, 0.15) is 35.1 Å². The molecule has 0 unspecified atom stereocenters. The van der Waals surface area contributed by atoms with E-state index >= 15 is 0 Å². The van der Waals surface area contributed by atoms with Gasteiger partial charge < -0.3 is 9.80 Å². The summed E-state index contributed by atoms with van der Waals surface area (Å²) in [7, 11) is 2.00. The van der Waals surface area contributed by atoms with E-state index in [1.54, 1.807) is 12.4 Å². The monoisotopic (exact) mass is 741 g/mol. The van der Waals surface area contributed by atoms with E-state index in [4.69, 9.17) is 0 Å². The Kier molecular flexibility index (Phi) is 8.68. The third kappa shape index (κ3) is 6.12. The van der Waals surface area contributed by atoms with Gasteiger partial charge in [-0.2, -0.15) is 35.1 Å². The standard InChI is InChI=1S/C20H17N4.C15H13N3.Ir/c1-5-13-7-3-11-17(15(13)9-1)19-21-23-20(24-22-19)18-12-4-8-14-6-2-10-16(14)18;1-17-9-10-18(12-17)15-4-2-3-14(11-15)13-5-7-16-8-6-13;/h3-4,7-8,11H,1-2,5-6,9-10H2;2-3,5-12H,1H3;/q-1;-2;+3. The summed E-state index contributed by atoms with van der Waals surface area (Å²) >= 11 is 0. The Morgan fingerprint density at radius 3 is 2.21 bits per heavy atom. The average molecular weight is 741 g/mol. The quantitative estimate of drug-likeness (QED) is 0.202. The summed E-state index contributed by atoms with van der Waals surface area (Å²) in [6.07, 6.45) is 14.5. The van der Waals surface area contributed by atoms with Crippen molar-refractivity contribution in [1.82, 2.24) is 30.3 Å². The minimum Gasteiger partial charge on any atom is -0.510 e. The Labute approximate surface area is 266 Å². The zero-order valence-electron chi connectivity index (χ0n) is 23.9. The van der Waals surface area contributed by atoms with Gasteiger partial charge in [-0.3, -0.25) is 4.98 Å². The van der Waals surface area contributed by atoms with E-state index in [2.05, 4.69) is 73.9 Å². The summed E-state index contributed by atoms with van der Waals surface area (Å²) in [5, 5.41) is 17.5. The van der Waals surface area contributed by atoms with Gasteiger partial charge in [0, 0.05) is 18.0 Å². The number of aryl methyl sites for hydroxylation is 2. The number of rotatable bonds is 4. The number of pyridine rings is 1. The number of nitrogens with zero attached hydrogens (tertiary/aromatic N) is 7. The number of hydrogen-bond donors (Lipinski definition) is 0. The van der Waals surface area contributed by atoms with Crippen LogP contribution < -0.4 is 4.90 Å². The van der Waals surface area contributed by atoms with Crippen LogP contribution in [-0.4, -0.2) is 37.3 Å². The van der Waals surface area contributed by atoms with Gasteiger partial charge in [0.15, 0.2) is 0 Å². The van der Waals surface area contributed by atoms with Crippen molar-refractivity contribution in [3.63, 3.8) is 0 Å². The normalized spacial score (nSPS) is 14.5. The van der Waals surface area contributed by atoms with Crippen LogP contribution in [0.25, 0.3) is 33.9 Å². The summed E-state index contributed by atoms with van der Waals surface area (Å²) in [6.45, 7) is 2.02. The molecule has 2 aliphatic carbocycles. The zero-order valence-corrected chi connectivity index (χ0v) is 26.3. The molecule has 214 valence electrons. The van der Waals surface area contributed by atoms with E-state index in [1.165, 1.54) is 40.7 Å². The Morgan fingerprint density at radius 1 is 0.721 bits per heavy atom. The Hall–Kier alpha value is -4.26. The minimum atomic E-state index is 0. The fraction of sp³-hybridized carbons (Fsp3) is 0.200. The first-order chi connectivity index (χ1) is 20.7. The maximum atomic E-state index is 4.38. The van der Waals surface area contributed by atoms with Gasteiger partial charge in [-0.1, -0.05) is 36.6 Å². The predicted octanol–water partition coefficient (Wildman–Crippen LogP) is 6.27. The van der Waals surface area contributed by atoms with Crippen LogP contribution in [0, 0.1) is 18.8 Å². The molecular weight excluding hydrogens is 711 g/mol. The van der Waals surface area contributed by atoms with E-state index in [-0.39, 0.29) is 20.1 Å². The molecule has 3 heterocycles. The molecule has 0 N–H and O–H groups in total. The van der Waals surface area contributed by atoms with E-state index in [0.717, 1.165) is 48.1 Å². The molecule has 8 heteroatoms. The molecule has 3 aliphatic rings. The molecule has 0 saturated heterocycles. The molecule has 3 aromatic carbocycles. The Balaban J connectivity index is 0.000000156. The number of aromatic nitrogens is 5.